The van der Waals surface area contributed by atoms with Gasteiger partial charge in [0.25, 0.3) is 0 Å². The van der Waals surface area contributed by atoms with E-state index in [-0.39, 0.29) is 0 Å². The van der Waals surface area contributed by atoms with Gasteiger partial charge in [-0.25, -0.2) is 0 Å². The Labute approximate surface area is 59.7 Å². The summed E-state index contributed by atoms with van der Waals surface area (Å²) >= 11 is 0. The highest BCUT2D eigenvalue weighted by atomic mass is 16.1. The molecule has 0 bridgehead atoms. The van der Waals surface area contributed by atoms with Crippen LogP contribution in [0.2, 0.25) is 0 Å². The first kappa shape index (κ1) is 8.62. The highest BCUT2D eigenvalue weighted by Gasteiger charge is 1.91. The fourth-order valence-corrected chi connectivity index (χ4v) is 0.338. The number of allylic oxidation sites excluding steroid dienone is 3. The van der Waals surface area contributed by atoms with Crippen molar-refractivity contribution in [3.63, 3.8) is 0 Å². The molecule has 3 nitrogen and oxygen atoms in total. The summed E-state index contributed by atoms with van der Waals surface area (Å²) < 4.78 is 0. The fourth-order valence-electron chi connectivity index (χ4n) is 0.338. The SMILES string of the molecule is C/C(=C\C=C/C=N)C(N)=O. The lowest BCUT2D eigenvalue weighted by atomic mass is 10.2. The number of carbonyl (C=O) groups excluding carboxylic acids is 1. The summed E-state index contributed by atoms with van der Waals surface area (Å²) in [7, 11) is 0. The van der Waals surface area contributed by atoms with Gasteiger partial charge in [-0.2, -0.15) is 0 Å². The van der Waals surface area contributed by atoms with Gasteiger partial charge in [0, 0.05) is 11.8 Å². The Morgan fingerprint density at radius 1 is 1.50 bits per heavy atom. The molecule has 0 aromatic heterocycles. The Kier molecular flexibility index (Phi) is 3.87. The van der Waals surface area contributed by atoms with Crippen LogP contribution in [0.25, 0.3) is 0 Å². The molecule has 54 valence electrons. The van der Waals surface area contributed by atoms with Crippen LogP contribution in [-0.2, 0) is 4.79 Å². The maximum absolute atomic E-state index is 10.4. The van der Waals surface area contributed by atoms with Gasteiger partial charge < -0.3 is 11.1 Å². The second-order valence-electron chi connectivity index (χ2n) is 1.77. The lowest BCUT2D eigenvalue weighted by molar-refractivity contribution is -0.114. The molecule has 3 N–H and O–H groups in total. The molecule has 0 rings (SSSR count). The van der Waals surface area contributed by atoms with Gasteiger partial charge >= 0.3 is 0 Å². The van der Waals surface area contributed by atoms with E-state index in [1.54, 1.807) is 19.1 Å². The van der Waals surface area contributed by atoms with Crippen molar-refractivity contribution >= 4 is 12.1 Å². The zero-order valence-electron chi connectivity index (χ0n) is 5.79. The molecule has 0 fully saturated rings. The summed E-state index contributed by atoms with van der Waals surface area (Å²) in [5.74, 6) is -0.436. The van der Waals surface area contributed by atoms with E-state index in [4.69, 9.17) is 11.1 Å². The van der Waals surface area contributed by atoms with Crippen molar-refractivity contribution in [3.8, 4) is 0 Å². The van der Waals surface area contributed by atoms with Crippen molar-refractivity contribution in [2.24, 2.45) is 5.73 Å². The van der Waals surface area contributed by atoms with Gasteiger partial charge in [-0.1, -0.05) is 12.2 Å². The number of nitrogens with two attached hydrogens (primary N) is 1. The Bertz CT molecular complexity index is 192. The minimum Gasteiger partial charge on any atom is -0.366 e. The van der Waals surface area contributed by atoms with E-state index < -0.39 is 5.91 Å². The highest BCUT2D eigenvalue weighted by Crippen LogP contribution is 1.89. The first-order valence-corrected chi connectivity index (χ1v) is 2.82. The minimum atomic E-state index is -0.436. The standard InChI is InChI=1S/C7H10N2O/c1-6(7(9)10)4-2-3-5-8/h2-5,8H,1H3,(H2,9,10)/b3-2-,6-4+,8-5?. The van der Waals surface area contributed by atoms with Crippen molar-refractivity contribution < 1.29 is 4.79 Å². The van der Waals surface area contributed by atoms with Crippen LogP contribution in [0.3, 0.4) is 0 Å². The van der Waals surface area contributed by atoms with Gasteiger partial charge in [-0.05, 0) is 13.0 Å². The average molecular weight is 138 g/mol. The Hall–Kier alpha value is -1.38. The fraction of sp³-hybridized carbons (Fsp3) is 0.143. The maximum Gasteiger partial charge on any atom is 0.244 e. The third kappa shape index (κ3) is 3.60. The van der Waals surface area contributed by atoms with Crippen LogP contribution >= 0.6 is 0 Å². The van der Waals surface area contributed by atoms with Crippen LogP contribution in [-0.4, -0.2) is 12.1 Å². The first-order chi connectivity index (χ1) is 4.68. The lowest BCUT2D eigenvalue weighted by Crippen LogP contribution is -2.11. The third-order valence-corrected chi connectivity index (χ3v) is 0.942. The van der Waals surface area contributed by atoms with Crippen molar-refractivity contribution in [3.05, 3.63) is 23.8 Å². The molecule has 0 aromatic carbocycles. The number of amides is 1. The monoisotopic (exact) mass is 138 g/mol. The molecule has 0 saturated heterocycles. The van der Waals surface area contributed by atoms with E-state index in [9.17, 15) is 4.79 Å². The Morgan fingerprint density at radius 2 is 2.10 bits per heavy atom. The molecule has 0 aliphatic carbocycles. The zero-order valence-corrected chi connectivity index (χ0v) is 5.79. The van der Waals surface area contributed by atoms with Crippen LogP contribution in [0.4, 0.5) is 0 Å². The van der Waals surface area contributed by atoms with Crippen molar-refractivity contribution in [2.45, 2.75) is 6.92 Å². The highest BCUT2D eigenvalue weighted by molar-refractivity contribution is 5.91. The number of nitrogens with one attached hydrogen (secondary N) is 1. The lowest BCUT2D eigenvalue weighted by Gasteiger charge is -1.87. The normalized spacial score (nSPS) is 11.9. The molecule has 0 heterocycles. The topological polar surface area (TPSA) is 66.9 Å². The largest absolute Gasteiger partial charge is 0.366 e. The van der Waals surface area contributed by atoms with E-state index in [2.05, 4.69) is 0 Å². The molecule has 0 radical (unpaired) electrons. The second-order valence-corrected chi connectivity index (χ2v) is 1.77. The summed E-state index contributed by atoms with van der Waals surface area (Å²) in [6.45, 7) is 1.62. The Morgan fingerprint density at radius 3 is 2.50 bits per heavy atom. The van der Waals surface area contributed by atoms with E-state index in [0.29, 0.717) is 5.57 Å². The molecule has 10 heavy (non-hydrogen) atoms. The van der Waals surface area contributed by atoms with Crippen LogP contribution in [0.5, 0.6) is 0 Å². The molecule has 0 saturated carbocycles. The van der Waals surface area contributed by atoms with Gasteiger partial charge in [-0.3, -0.25) is 4.79 Å². The number of primary amides is 1. The van der Waals surface area contributed by atoms with Crippen LogP contribution in [0, 0.1) is 5.41 Å². The molecule has 1 amide bonds. The predicted molar refractivity (Wildman–Crippen MR) is 40.9 cm³/mol. The predicted octanol–water partition coefficient (Wildman–Crippen LogP) is 0.624. The summed E-state index contributed by atoms with van der Waals surface area (Å²) in [6, 6.07) is 0. The first-order valence-electron chi connectivity index (χ1n) is 2.82. The van der Waals surface area contributed by atoms with Crippen LogP contribution in [0.15, 0.2) is 23.8 Å². The molecule has 3 heteroatoms. The third-order valence-electron chi connectivity index (χ3n) is 0.942. The van der Waals surface area contributed by atoms with E-state index in [1.807, 2.05) is 0 Å². The Balaban J connectivity index is 4.04. The smallest absolute Gasteiger partial charge is 0.244 e. The number of hydrogen-bond acceptors (Lipinski definition) is 2. The molecule has 0 aliphatic rings. The number of rotatable bonds is 3. The molecule has 0 unspecified atom stereocenters. The van der Waals surface area contributed by atoms with Gasteiger partial charge in [-0.15, -0.1) is 0 Å². The van der Waals surface area contributed by atoms with E-state index in [0.717, 1.165) is 6.21 Å². The van der Waals surface area contributed by atoms with Gasteiger partial charge in [0.1, 0.15) is 0 Å². The number of hydrogen-bond donors (Lipinski definition) is 2. The average Bonchev–Trinajstić information content (AvgIpc) is 1.88. The van der Waals surface area contributed by atoms with E-state index in [1.165, 1.54) is 6.08 Å². The summed E-state index contributed by atoms with van der Waals surface area (Å²) in [4.78, 5) is 10.4. The summed E-state index contributed by atoms with van der Waals surface area (Å²) in [5, 5.41) is 6.60. The van der Waals surface area contributed by atoms with Crippen LogP contribution < -0.4 is 5.73 Å². The molecule has 0 atom stereocenters. The maximum atomic E-state index is 10.4. The van der Waals surface area contributed by atoms with Crippen molar-refractivity contribution in [2.75, 3.05) is 0 Å². The molecule has 0 aliphatic heterocycles. The van der Waals surface area contributed by atoms with Crippen molar-refractivity contribution in [1.82, 2.24) is 0 Å². The van der Waals surface area contributed by atoms with Gasteiger partial charge in [0.05, 0.1) is 0 Å². The van der Waals surface area contributed by atoms with Gasteiger partial charge in [0.15, 0.2) is 0 Å². The molecule has 0 spiro atoms. The number of carbonyl (C=O) groups is 1. The quantitative estimate of drug-likeness (QED) is 0.335. The summed E-state index contributed by atoms with van der Waals surface area (Å²) in [6.07, 6.45) is 5.79. The van der Waals surface area contributed by atoms with Crippen LogP contribution in [0.1, 0.15) is 6.92 Å². The minimum absolute atomic E-state index is 0.436. The van der Waals surface area contributed by atoms with Crippen molar-refractivity contribution in [1.29, 1.82) is 5.41 Å². The van der Waals surface area contributed by atoms with Gasteiger partial charge in [0.2, 0.25) is 5.91 Å². The molecule has 0 aromatic rings. The summed E-state index contributed by atoms with van der Waals surface area (Å²) in [5.41, 5.74) is 5.40. The molecular weight excluding hydrogens is 128 g/mol. The molecular formula is C7H10N2O. The van der Waals surface area contributed by atoms with E-state index >= 15 is 0 Å². The second kappa shape index (κ2) is 4.49. The zero-order chi connectivity index (χ0) is 7.98.